The number of fused-ring (bicyclic) bond motifs is 1. The predicted octanol–water partition coefficient (Wildman–Crippen LogP) is 4.13. The van der Waals surface area contributed by atoms with E-state index < -0.39 is 11.9 Å². The second kappa shape index (κ2) is 5.08. The van der Waals surface area contributed by atoms with E-state index in [0.29, 0.717) is 10.6 Å². The maximum atomic E-state index is 12.7. The van der Waals surface area contributed by atoms with Crippen LogP contribution in [0, 0.1) is 0 Å². The first-order chi connectivity index (χ1) is 10.3. The van der Waals surface area contributed by atoms with Crippen molar-refractivity contribution in [3.05, 3.63) is 34.8 Å². The van der Waals surface area contributed by atoms with E-state index in [1.54, 1.807) is 17.0 Å². The van der Waals surface area contributed by atoms with Gasteiger partial charge in [-0.05, 0) is 25.5 Å². The highest BCUT2D eigenvalue weighted by atomic mass is 32.1. The number of hydrogen-bond acceptors (Lipinski definition) is 3. The molecule has 0 spiro atoms. The molecule has 3 nitrogen and oxygen atoms in total. The van der Waals surface area contributed by atoms with E-state index in [1.807, 2.05) is 19.9 Å². The molecule has 22 heavy (non-hydrogen) atoms. The van der Waals surface area contributed by atoms with Gasteiger partial charge in [-0.3, -0.25) is 4.79 Å². The van der Waals surface area contributed by atoms with Crippen LogP contribution in [-0.4, -0.2) is 16.9 Å². The summed E-state index contributed by atoms with van der Waals surface area (Å²) in [6, 6.07) is 5.29. The van der Waals surface area contributed by atoms with Crippen LogP contribution in [0.3, 0.4) is 0 Å². The number of amides is 1. The van der Waals surface area contributed by atoms with E-state index in [9.17, 15) is 18.0 Å². The maximum Gasteiger partial charge on any atom is 0.434 e. The van der Waals surface area contributed by atoms with E-state index in [1.165, 1.54) is 0 Å². The lowest BCUT2D eigenvalue weighted by Crippen LogP contribution is -2.33. The molecule has 7 heteroatoms. The number of rotatable bonds is 2. The lowest BCUT2D eigenvalue weighted by Gasteiger charge is -2.22. The molecule has 0 fully saturated rings. The van der Waals surface area contributed by atoms with E-state index in [4.69, 9.17) is 0 Å². The fourth-order valence-electron chi connectivity index (χ4n) is 2.65. The molecule has 0 atom stereocenters. The highest BCUT2D eigenvalue weighted by molar-refractivity contribution is 7.13. The van der Waals surface area contributed by atoms with E-state index >= 15 is 0 Å². The van der Waals surface area contributed by atoms with Crippen molar-refractivity contribution in [3.63, 3.8) is 0 Å². The summed E-state index contributed by atoms with van der Waals surface area (Å²) in [4.78, 5) is 17.5. The molecule has 0 radical (unpaired) electrons. The lowest BCUT2D eigenvalue weighted by atomic mass is 10.1. The Hall–Kier alpha value is -1.89. The molecule has 0 bridgehead atoms. The van der Waals surface area contributed by atoms with Crippen molar-refractivity contribution in [2.45, 2.75) is 32.5 Å². The van der Waals surface area contributed by atoms with Crippen LogP contribution in [0.1, 0.15) is 25.1 Å². The highest BCUT2D eigenvalue weighted by Crippen LogP contribution is 2.40. The molecule has 1 aromatic carbocycles. The van der Waals surface area contributed by atoms with E-state index in [-0.39, 0.29) is 18.4 Å². The Kier molecular flexibility index (Phi) is 3.47. The molecule has 3 rings (SSSR count). The van der Waals surface area contributed by atoms with Gasteiger partial charge < -0.3 is 4.90 Å². The van der Waals surface area contributed by atoms with Crippen LogP contribution in [0.25, 0.3) is 10.6 Å². The summed E-state index contributed by atoms with van der Waals surface area (Å²) in [6.45, 7) is 3.82. The smallest absolute Gasteiger partial charge is 0.309 e. The first kappa shape index (κ1) is 15.0. The van der Waals surface area contributed by atoms with Gasteiger partial charge in [-0.25, -0.2) is 4.98 Å². The van der Waals surface area contributed by atoms with Crippen molar-refractivity contribution < 1.29 is 18.0 Å². The number of hydrogen-bond donors (Lipinski definition) is 0. The van der Waals surface area contributed by atoms with Crippen LogP contribution in [0.2, 0.25) is 0 Å². The summed E-state index contributed by atoms with van der Waals surface area (Å²) >= 11 is 0.945. The zero-order valence-electron chi connectivity index (χ0n) is 11.9. The monoisotopic (exact) mass is 326 g/mol. The minimum atomic E-state index is -4.45. The molecule has 1 amide bonds. The number of nitrogens with zero attached hydrogens (tertiary/aromatic N) is 2. The summed E-state index contributed by atoms with van der Waals surface area (Å²) in [5, 5.41) is 1.30. The fourth-order valence-corrected chi connectivity index (χ4v) is 3.53. The standard InChI is InChI=1S/C15H13F3N2OS/c1-8(2)20-11-5-3-4-9(10(11)6-13(20)21)14-19-12(7-22-14)15(16,17)18/h3-5,7-8H,6H2,1-2H3. The Morgan fingerprint density at radius 2 is 2.05 bits per heavy atom. The number of thiazole rings is 1. The third-order valence-electron chi connectivity index (χ3n) is 3.55. The van der Waals surface area contributed by atoms with E-state index in [2.05, 4.69) is 4.98 Å². The predicted molar refractivity (Wildman–Crippen MR) is 78.9 cm³/mol. The molecule has 2 heterocycles. The van der Waals surface area contributed by atoms with Gasteiger partial charge in [0.15, 0.2) is 5.69 Å². The van der Waals surface area contributed by atoms with Gasteiger partial charge in [0, 0.05) is 22.7 Å². The summed E-state index contributed by atoms with van der Waals surface area (Å²) in [7, 11) is 0. The first-order valence-electron chi connectivity index (χ1n) is 6.76. The number of carbonyl (C=O) groups excluding carboxylic acids is 1. The Morgan fingerprint density at radius 1 is 1.32 bits per heavy atom. The molecule has 1 aliphatic heterocycles. The molecule has 0 unspecified atom stereocenters. The maximum absolute atomic E-state index is 12.7. The summed E-state index contributed by atoms with van der Waals surface area (Å²) in [6.07, 6.45) is -4.25. The second-order valence-corrected chi connectivity index (χ2v) is 6.23. The third-order valence-corrected chi connectivity index (χ3v) is 4.42. The fraction of sp³-hybridized carbons (Fsp3) is 0.333. The normalized spacial score (nSPS) is 14.8. The van der Waals surface area contributed by atoms with Crippen molar-refractivity contribution in [2.24, 2.45) is 0 Å². The number of benzene rings is 1. The average molecular weight is 326 g/mol. The number of aromatic nitrogens is 1. The van der Waals surface area contributed by atoms with Gasteiger partial charge in [0.25, 0.3) is 0 Å². The molecule has 116 valence electrons. The molecule has 0 saturated carbocycles. The van der Waals surface area contributed by atoms with Gasteiger partial charge in [0.2, 0.25) is 5.91 Å². The number of carbonyl (C=O) groups is 1. The van der Waals surface area contributed by atoms with Crippen LogP contribution in [0.4, 0.5) is 18.9 Å². The molecular weight excluding hydrogens is 313 g/mol. The van der Waals surface area contributed by atoms with Crippen molar-refractivity contribution in [1.29, 1.82) is 0 Å². The quantitative estimate of drug-likeness (QED) is 0.831. The van der Waals surface area contributed by atoms with Gasteiger partial charge >= 0.3 is 6.18 Å². The number of alkyl halides is 3. The summed E-state index contributed by atoms with van der Waals surface area (Å²) in [5.74, 6) is -0.0370. The average Bonchev–Trinajstić information content (AvgIpc) is 3.00. The van der Waals surface area contributed by atoms with Gasteiger partial charge in [-0.1, -0.05) is 12.1 Å². The number of anilines is 1. The van der Waals surface area contributed by atoms with Crippen molar-refractivity contribution >= 4 is 22.9 Å². The third kappa shape index (κ3) is 2.39. The lowest BCUT2D eigenvalue weighted by molar-refractivity contribution is -0.140. The van der Waals surface area contributed by atoms with Crippen LogP contribution < -0.4 is 4.90 Å². The van der Waals surface area contributed by atoms with Gasteiger partial charge in [-0.15, -0.1) is 11.3 Å². The van der Waals surface area contributed by atoms with Crippen LogP contribution >= 0.6 is 11.3 Å². The molecule has 0 aliphatic carbocycles. The molecule has 0 saturated heterocycles. The Labute approximate surface area is 129 Å². The topological polar surface area (TPSA) is 33.2 Å². The largest absolute Gasteiger partial charge is 0.434 e. The molecule has 2 aromatic rings. The van der Waals surface area contributed by atoms with E-state index in [0.717, 1.165) is 28.0 Å². The first-order valence-corrected chi connectivity index (χ1v) is 7.64. The van der Waals surface area contributed by atoms with Crippen molar-refractivity contribution in [1.82, 2.24) is 4.98 Å². The SMILES string of the molecule is CC(C)N1C(=O)Cc2c(-c3nc(C(F)(F)F)cs3)cccc21. The highest BCUT2D eigenvalue weighted by Gasteiger charge is 2.35. The zero-order valence-corrected chi connectivity index (χ0v) is 12.8. The zero-order chi connectivity index (χ0) is 16.1. The Balaban J connectivity index is 2.08. The molecular formula is C15H13F3N2OS. The van der Waals surface area contributed by atoms with Crippen LogP contribution in [0.15, 0.2) is 23.6 Å². The Morgan fingerprint density at radius 3 is 2.64 bits per heavy atom. The Bertz CT molecular complexity index is 737. The van der Waals surface area contributed by atoms with Gasteiger partial charge in [-0.2, -0.15) is 13.2 Å². The molecule has 0 N–H and O–H groups in total. The number of halogens is 3. The van der Waals surface area contributed by atoms with Crippen LogP contribution in [0.5, 0.6) is 0 Å². The summed E-state index contributed by atoms with van der Waals surface area (Å²) < 4.78 is 38.1. The molecule has 1 aromatic heterocycles. The van der Waals surface area contributed by atoms with Gasteiger partial charge in [0.05, 0.1) is 6.42 Å². The molecule has 1 aliphatic rings. The minimum absolute atomic E-state index is 0.00558. The van der Waals surface area contributed by atoms with Crippen LogP contribution in [-0.2, 0) is 17.4 Å². The minimum Gasteiger partial charge on any atom is -0.309 e. The second-order valence-electron chi connectivity index (χ2n) is 5.37. The van der Waals surface area contributed by atoms with Crippen molar-refractivity contribution in [3.8, 4) is 10.6 Å². The van der Waals surface area contributed by atoms with Gasteiger partial charge in [0.1, 0.15) is 5.01 Å². The summed E-state index contributed by atoms with van der Waals surface area (Å²) in [5.41, 5.74) is 1.23. The van der Waals surface area contributed by atoms with Crippen molar-refractivity contribution in [2.75, 3.05) is 4.90 Å².